The van der Waals surface area contributed by atoms with Crippen LogP contribution in [0.4, 0.5) is 8.78 Å². The zero-order valence-electron chi connectivity index (χ0n) is 14.8. The number of halogens is 2. The van der Waals surface area contributed by atoms with Crippen molar-refractivity contribution in [3.05, 3.63) is 42.1 Å². The molecule has 144 valence electrons. The van der Waals surface area contributed by atoms with Crippen molar-refractivity contribution in [2.45, 2.75) is 48.8 Å². The number of ether oxygens (including phenoxy) is 1. The van der Waals surface area contributed by atoms with Gasteiger partial charge in [-0.3, -0.25) is 4.79 Å². The molecule has 1 heterocycles. The van der Waals surface area contributed by atoms with E-state index in [0.717, 1.165) is 17.9 Å². The third-order valence-electron chi connectivity index (χ3n) is 4.44. The number of nitrogens with zero attached hydrogens (tertiary/aromatic N) is 1. The molecule has 0 amide bonds. The second kappa shape index (κ2) is 9.17. The summed E-state index contributed by atoms with van der Waals surface area (Å²) < 4.78 is 33.9. The van der Waals surface area contributed by atoms with Crippen LogP contribution in [-0.2, 0) is 4.79 Å². The molecule has 1 aliphatic rings. The van der Waals surface area contributed by atoms with Crippen LogP contribution in [0.3, 0.4) is 0 Å². The molecule has 1 aromatic carbocycles. The summed E-state index contributed by atoms with van der Waals surface area (Å²) in [4.78, 5) is 14.9. The van der Waals surface area contributed by atoms with E-state index < -0.39 is 23.4 Å². The van der Waals surface area contributed by atoms with Crippen molar-refractivity contribution in [2.24, 2.45) is 0 Å². The second-order valence-corrected chi connectivity index (χ2v) is 7.78. The molecule has 0 bridgehead atoms. The van der Waals surface area contributed by atoms with Gasteiger partial charge in [0.05, 0.1) is 6.61 Å². The smallest absolute Gasteiger partial charge is 0.303 e. The highest BCUT2D eigenvalue weighted by molar-refractivity contribution is 8.00. The minimum atomic E-state index is -0.973. The molecule has 1 fully saturated rings. The van der Waals surface area contributed by atoms with Gasteiger partial charge in [0, 0.05) is 23.4 Å². The monoisotopic (exact) mass is 393 g/mol. The Labute approximate surface area is 161 Å². The van der Waals surface area contributed by atoms with E-state index in [4.69, 9.17) is 9.84 Å². The molecule has 0 atom stereocenters. The zero-order chi connectivity index (χ0) is 19.2. The lowest BCUT2D eigenvalue weighted by molar-refractivity contribution is -0.137. The predicted octanol–water partition coefficient (Wildman–Crippen LogP) is 5.31. The highest BCUT2D eigenvalue weighted by Gasteiger charge is 2.20. The predicted molar refractivity (Wildman–Crippen MR) is 100 cm³/mol. The van der Waals surface area contributed by atoms with Gasteiger partial charge in [0.2, 0.25) is 0 Å². The third kappa shape index (κ3) is 5.19. The van der Waals surface area contributed by atoms with Gasteiger partial charge in [-0.05, 0) is 43.0 Å². The molecule has 1 N–H and O–H groups in total. The number of carboxylic acid groups (broad SMARTS) is 1. The minimum absolute atomic E-state index is 0.0604. The Balaban J connectivity index is 1.78. The number of hydrogen-bond acceptors (Lipinski definition) is 4. The average Bonchev–Trinajstić information content (AvgIpc) is 3.13. The maximum absolute atomic E-state index is 14.4. The summed E-state index contributed by atoms with van der Waals surface area (Å²) in [5.41, 5.74) is 1.11. The Morgan fingerprint density at radius 3 is 2.63 bits per heavy atom. The van der Waals surface area contributed by atoms with Crippen molar-refractivity contribution in [2.75, 3.05) is 6.61 Å². The number of thioether (sulfide) groups is 1. The quantitative estimate of drug-likeness (QED) is 0.616. The van der Waals surface area contributed by atoms with Gasteiger partial charge < -0.3 is 9.84 Å². The number of pyridine rings is 1. The van der Waals surface area contributed by atoms with Crippen LogP contribution < -0.4 is 4.74 Å². The fraction of sp³-hybridized carbons (Fsp3) is 0.400. The minimum Gasteiger partial charge on any atom is -0.488 e. The van der Waals surface area contributed by atoms with Gasteiger partial charge in [0.1, 0.15) is 5.03 Å². The number of aliphatic carboxylic acids is 1. The molecule has 0 aliphatic heterocycles. The Bertz CT molecular complexity index is 787. The van der Waals surface area contributed by atoms with Gasteiger partial charge in [-0.25, -0.2) is 13.8 Å². The first-order valence-corrected chi connectivity index (χ1v) is 9.88. The normalized spacial score (nSPS) is 14.4. The molecule has 27 heavy (non-hydrogen) atoms. The van der Waals surface area contributed by atoms with Crippen LogP contribution in [0, 0.1) is 11.6 Å². The maximum atomic E-state index is 14.4. The molecule has 0 saturated heterocycles. The molecule has 0 spiro atoms. The summed E-state index contributed by atoms with van der Waals surface area (Å²) >= 11 is 1.67. The lowest BCUT2D eigenvalue weighted by Crippen LogP contribution is -2.05. The fourth-order valence-corrected chi connectivity index (χ4v) is 4.44. The first-order valence-electron chi connectivity index (χ1n) is 9.00. The molecule has 7 heteroatoms. The molecule has 2 aromatic rings. The summed E-state index contributed by atoms with van der Waals surface area (Å²) in [6.07, 6.45) is 6.43. The Hall–Kier alpha value is -2.15. The van der Waals surface area contributed by atoms with E-state index in [1.165, 1.54) is 25.0 Å². The van der Waals surface area contributed by atoms with Crippen molar-refractivity contribution in [1.29, 1.82) is 0 Å². The second-order valence-electron chi connectivity index (χ2n) is 6.50. The molecule has 3 rings (SSSR count). The standard InChI is InChI=1S/C20H21F2NO3S/c21-16-11-13(12-17(22)19(16)26-10-4-8-18(24)25)15-7-3-9-23-20(15)27-14-5-1-2-6-14/h3,7,9,11-12,14H,1-2,4-6,8,10H2,(H,24,25). The van der Waals surface area contributed by atoms with Gasteiger partial charge >= 0.3 is 5.97 Å². The molecule has 0 radical (unpaired) electrons. The third-order valence-corrected chi connectivity index (χ3v) is 5.80. The van der Waals surface area contributed by atoms with E-state index in [9.17, 15) is 13.6 Å². The molecule has 1 saturated carbocycles. The summed E-state index contributed by atoms with van der Waals surface area (Å²) in [7, 11) is 0. The van der Waals surface area contributed by atoms with E-state index in [1.807, 2.05) is 6.07 Å². The van der Waals surface area contributed by atoms with Gasteiger partial charge in [-0.15, -0.1) is 11.8 Å². The fourth-order valence-electron chi connectivity index (χ4n) is 3.12. The Morgan fingerprint density at radius 2 is 1.96 bits per heavy atom. The van der Waals surface area contributed by atoms with E-state index in [2.05, 4.69) is 4.98 Å². The summed E-state index contributed by atoms with van der Waals surface area (Å²) in [6, 6.07) is 6.04. The topological polar surface area (TPSA) is 59.4 Å². The van der Waals surface area contributed by atoms with Crippen molar-refractivity contribution in [1.82, 2.24) is 4.98 Å². The van der Waals surface area contributed by atoms with Crippen LogP contribution in [-0.4, -0.2) is 27.9 Å². The van der Waals surface area contributed by atoms with Gasteiger partial charge in [0.15, 0.2) is 17.4 Å². The Morgan fingerprint density at radius 1 is 1.26 bits per heavy atom. The first kappa shape index (κ1) is 19.6. The van der Waals surface area contributed by atoms with Gasteiger partial charge in [-0.1, -0.05) is 18.9 Å². The lowest BCUT2D eigenvalue weighted by Gasteiger charge is -2.14. The number of aromatic nitrogens is 1. The average molecular weight is 393 g/mol. The van der Waals surface area contributed by atoms with Gasteiger partial charge in [-0.2, -0.15) is 0 Å². The Kier molecular flexibility index (Phi) is 6.66. The van der Waals surface area contributed by atoms with Crippen LogP contribution in [0.1, 0.15) is 38.5 Å². The van der Waals surface area contributed by atoms with E-state index in [0.29, 0.717) is 16.4 Å². The highest BCUT2D eigenvalue weighted by atomic mass is 32.2. The number of hydrogen-bond donors (Lipinski definition) is 1. The van der Waals surface area contributed by atoms with E-state index in [1.54, 1.807) is 24.0 Å². The number of benzene rings is 1. The molecule has 1 aliphatic carbocycles. The van der Waals surface area contributed by atoms with Crippen molar-refractivity contribution in [3.8, 4) is 16.9 Å². The van der Waals surface area contributed by atoms with Crippen molar-refractivity contribution < 1.29 is 23.4 Å². The number of carboxylic acids is 1. The summed E-state index contributed by atoms with van der Waals surface area (Å²) in [5, 5.41) is 9.87. The molecule has 0 unspecified atom stereocenters. The van der Waals surface area contributed by atoms with Crippen LogP contribution >= 0.6 is 11.8 Å². The number of carbonyl (C=O) groups is 1. The lowest BCUT2D eigenvalue weighted by atomic mass is 10.1. The van der Waals surface area contributed by atoms with Crippen molar-refractivity contribution >= 4 is 17.7 Å². The first-order chi connectivity index (χ1) is 13.0. The number of rotatable bonds is 8. The van der Waals surface area contributed by atoms with Crippen LogP contribution in [0.2, 0.25) is 0 Å². The summed E-state index contributed by atoms with van der Waals surface area (Å²) in [6.45, 7) is -0.0604. The maximum Gasteiger partial charge on any atom is 0.303 e. The van der Waals surface area contributed by atoms with Gasteiger partial charge in [0.25, 0.3) is 0 Å². The molecule has 1 aromatic heterocycles. The van der Waals surface area contributed by atoms with Crippen molar-refractivity contribution in [3.63, 3.8) is 0 Å². The van der Waals surface area contributed by atoms with Crippen LogP contribution in [0.5, 0.6) is 5.75 Å². The SMILES string of the molecule is O=C(O)CCCOc1c(F)cc(-c2cccnc2SC2CCCC2)cc1F. The van der Waals surface area contributed by atoms with Crippen LogP contribution in [0.25, 0.3) is 11.1 Å². The van der Waals surface area contributed by atoms with Crippen LogP contribution in [0.15, 0.2) is 35.5 Å². The molecular weight excluding hydrogens is 372 g/mol. The largest absolute Gasteiger partial charge is 0.488 e. The highest BCUT2D eigenvalue weighted by Crippen LogP contribution is 2.39. The molecule has 4 nitrogen and oxygen atoms in total. The van der Waals surface area contributed by atoms with E-state index in [-0.39, 0.29) is 19.4 Å². The zero-order valence-corrected chi connectivity index (χ0v) is 15.6. The summed E-state index contributed by atoms with van der Waals surface area (Å²) in [5.74, 6) is -3.06. The van der Waals surface area contributed by atoms with E-state index >= 15 is 0 Å². The molecular formula is C20H21F2NO3S.